The van der Waals surface area contributed by atoms with Crippen LogP contribution in [0.25, 0.3) is 0 Å². The molecule has 0 N–H and O–H groups in total. The van der Waals surface area contributed by atoms with E-state index in [9.17, 15) is 8.42 Å². The molecule has 14 heavy (non-hydrogen) atoms. The van der Waals surface area contributed by atoms with Crippen molar-refractivity contribution < 1.29 is 8.42 Å². The molecule has 6 heteroatoms. The molecule has 0 bridgehead atoms. The molecule has 0 aliphatic rings. The van der Waals surface area contributed by atoms with E-state index in [2.05, 4.69) is 0 Å². The fourth-order valence-electron chi connectivity index (χ4n) is 0.875. The molecule has 0 heterocycles. The van der Waals surface area contributed by atoms with Gasteiger partial charge >= 0.3 is 0 Å². The molecular formula is C8H7Cl3O2S. The smallest absolute Gasteiger partial charge is 0.224 e. The first-order chi connectivity index (χ1) is 6.33. The molecule has 0 aliphatic carbocycles. The van der Waals surface area contributed by atoms with Crippen molar-refractivity contribution in [3.8, 4) is 0 Å². The Kier molecular flexibility index (Phi) is 3.69. The van der Waals surface area contributed by atoms with Crippen LogP contribution in [0.4, 0.5) is 0 Å². The standard InChI is InChI=1S/C8H7Cl3O2S/c9-8(10,11)14(12,13)6-7-4-2-1-3-5-7/h1-5H,6H2. The van der Waals surface area contributed by atoms with Gasteiger partial charge in [0.2, 0.25) is 9.84 Å². The quantitative estimate of drug-likeness (QED) is 0.777. The molecule has 0 radical (unpaired) electrons. The van der Waals surface area contributed by atoms with Gasteiger partial charge in [0.05, 0.1) is 5.75 Å². The average Bonchev–Trinajstić information content (AvgIpc) is 2.03. The summed E-state index contributed by atoms with van der Waals surface area (Å²) in [6.45, 7) is 0. The molecule has 0 spiro atoms. The zero-order valence-corrected chi connectivity index (χ0v) is 10.0. The maximum Gasteiger partial charge on any atom is 0.292 e. The summed E-state index contributed by atoms with van der Waals surface area (Å²) >= 11 is 16.0. The summed E-state index contributed by atoms with van der Waals surface area (Å²) in [5.74, 6) is -0.273. The van der Waals surface area contributed by atoms with Gasteiger partial charge in [-0.25, -0.2) is 8.42 Å². The van der Waals surface area contributed by atoms with Crippen molar-refractivity contribution in [1.82, 2.24) is 0 Å². The number of hydrogen-bond donors (Lipinski definition) is 0. The Balaban J connectivity index is 2.91. The third-order valence-corrected chi connectivity index (χ3v) is 5.09. The maximum absolute atomic E-state index is 11.4. The molecule has 1 aromatic rings. The van der Waals surface area contributed by atoms with Crippen molar-refractivity contribution >= 4 is 44.6 Å². The fourth-order valence-corrected chi connectivity index (χ4v) is 2.16. The maximum atomic E-state index is 11.4. The molecule has 0 aromatic heterocycles. The lowest BCUT2D eigenvalue weighted by Crippen LogP contribution is -2.21. The topological polar surface area (TPSA) is 34.1 Å². The normalized spacial score (nSPS) is 12.8. The number of halogens is 3. The van der Waals surface area contributed by atoms with Gasteiger partial charge in [-0.3, -0.25) is 0 Å². The van der Waals surface area contributed by atoms with Crippen LogP contribution in [0.5, 0.6) is 0 Å². The number of hydrogen-bond acceptors (Lipinski definition) is 2. The predicted molar refractivity (Wildman–Crippen MR) is 59.4 cm³/mol. The Hall–Kier alpha value is 0.0400. The largest absolute Gasteiger partial charge is 0.292 e. The average molecular weight is 274 g/mol. The van der Waals surface area contributed by atoms with E-state index in [4.69, 9.17) is 34.8 Å². The lowest BCUT2D eigenvalue weighted by atomic mass is 10.2. The second-order valence-corrected chi connectivity index (χ2v) is 7.77. The molecular weight excluding hydrogens is 267 g/mol. The van der Waals surface area contributed by atoms with Crippen LogP contribution < -0.4 is 0 Å². The van der Waals surface area contributed by atoms with E-state index in [-0.39, 0.29) is 5.75 Å². The Bertz CT molecular complexity index is 394. The summed E-state index contributed by atoms with van der Waals surface area (Å²) in [6, 6.07) is 8.56. The predicted octanol–water partition coefficient (Wildman–Crippen LogP) is 2.93. The third-order valence-electron chi connectivity index (χ3n) is 1.55. The first kappa shape index (κ1) is 12.1. The van der Waals surface area contributed by atoms with Crippen molar-refractivity contribution in [1.29, 1.82) is 0 Å². The zero-order valence-electron chi connectivity index (χ0n) is 6.95. The van der Waals surface area contributed by atoms with Gasteiger partial charge in [0.25, 0.3) is 3.12 Å². The first-order valence-corrected chi connectivity index (χ1v) is 6.44. The molecule has 1 rings (SSSR count). The van der Waals surface area contributed by atoms with Gasteiger partial charge in [-0.1, -0.05) is 65.1 Å². The molecule has 78 valence electrons. The SMILES string of the molecule is O=S(=O)(Cc1ccccc1)C(Cl)(Cl)Cl. The summed E-state index contributed by atoms with van der Waals surface area (Å²) < 4.78 is 20.6. The Morgan fingerprint density at radius 1 is 1.07 bits per heavy atom. The zero-order chi connectivity index (χ0) is 10.8. The van der Waals surface area contributed by atoms with Crippen molar-refractivity contribution in [2.45, 2.75) is 8.88 Å². The highest BCUT2D eigenvalue weighted by Crippen LogP contribution is 2.34. The van der Waals surface area contributed by atoms with Gasteiger partial charge in [-0.15, -0.1) is 0 Å². The minimum absolute atomic E-state index is 0.273. The van der Waals surface area contributed by atoms with Crippen LogP contribution in [0.2, 0.25) is 0 Å². The van der Waals surface area contributed by atoms with Crippen LogP contribution in [0, 0.1) is 0 Å². The second kappa shape index (κ2) is 4.27. The first-order valence-electron chi connectivity index (χ1n) is 3.66. The van der Waals surface area contributed by atoms with Gasteiger partial charge in [-0.05, 0) is 5.56 Å². The molecule has 0 aliphatic heterocycles. The Labute approximate surface area is 97.7 Å². The summed E-state index contributed by atoms with van der Waals surface area (Å²) in [5, 5.41) is 0. The minimum atomic E-state index is -3.75. The number of sulfone groups is 1. The summed E-state index contributed by atoms with van der Waals surface area (Å²) in [5.41, 5.74) is 0.596. The van der Waals surface area contributed by atoms with Crippen molar-refractivity contribution in [2.24, 2.45) is 0 Å². The highest BCUT2D eigenvalue weighted by atomic mass is 35.6. The lowest BCUT2D eigenvalue weighted by Gasteiger charge is -2.11. The lowest BCUT2D eigenvalue weighted by molar-refractivity contribution is 0.595. The van der Waals surface area contributed by atoms with Crippen LogP contribution in [0.3, 0.4) is 0 Å². The van der Waals surface area contributed by atoms with E-state index in [0.29, 0.717) is 5.56 Å². The molecule has 1 aromatic carbocycles. The fraction of sp³-hybridized carbons (Fsp3) is 0.250. The van der Waals surface area contributed by atoms with Crippen LogP contribution >= 0.6 is 34.8 Å². The van der Waals surface area contributed by atoms with Crippen LogP contribution in [0.1, 0.15) is 5.56 Å². The van der Waals surface area contributed by atoms with E-state index in [1.165, 1.54) is 0 Å². The van der Waals surface area contributed by atoms with Gasteiger partial charge in [0, 0.05) is 0 Å². The molecule has 0 unspecified atom stereocenters. The number of alkyl halides is 3. The summed E-state index contributed by atoms with van der Waals surface area (Å²) in [4.78, 5) is 0. The Morgan fingerprint density at radius 3 is 2.00 bits per heavy atom. The van der Waals surface area contributed by atoms with E-state index in [0.717, 1.165) is 0 Å². The highest BCUT2D eigenvalue weighted by molar-refractivity contribution is 7.96. The summed E-state index contributed by atoms with van der Waals surface area (Å²) in [7, 11) is -3.75. The minimum Gasteiger partial charge on any atom is -0.224 e. The molecule has 0 amide bonds. The highest BCUT2D eigenvalue weighted by Gasteiger charge is 2.37. The van der Waals surface area contributed by atoms with Gasteiger partial charge in [-0.2, -0.15) is 0 Å². The molecule has 0 saturated heterocycles. The van der Waals surface area contributed by atoms with Crippen molar-refractivity contribution in [3.05, 3.63) is 35.9 Å². The van der Waals surface area contributed by atoms with E-state index >= 15 is 0 Å². The van der Waals surface area contributed by atoms with Crippen molar-refractivity contribution in [2.75, 3.05) is 0 Å². The third kappa shape index (κ3) is 3.02. The van der Waals surface area contributed by atoms with Gasteiger partial charge < -0.3 is 0 Å². The number of benzene rings is 1. The molecule has 0 saturated carbocycles. The van der Waals surface area contributed by atoms with Crippen LogP contribution in [0.15, 0.2) is 30.3 Å². The molecule has 0 fully saturated rings. The van der Waals surface area contributed by atoms with Crippen LogP contribution in [-0.2, 0) is 15.6 Å². The molecule has 0 atom stereocenters. The van der Waals surface area contributed by atoms with E-state index in [1.54, 1.807) is 30.3 Å². The second-order valence-electron chi connectivity index (χ2n) is 2.69. The Morgan fingerprint density at radius 2 is 1.57 bits per heavy atom. The van der Waals surface area contributed by atoms with E-state index in [1.807, 2.05) is 0 Å². The van der Waals surface area contributed by atoms with E-state index < -0.39 is 13.0 Å². The van der Waals surface area contributed by atoms with Gasteiger partial charge in [0.15, 0.2) is 0 Å². The monoisotopic (exact) mass is 272 g/mol. The number of rotatable bonds is 2. The summed E-state index contributed by atoms with van der Waals surface area (Å²) in [6.07, 6.45) is 0. The van der Waals surface area contributed by atoms with Gasteiger partial charge in [0.1, 0.15) is 0 Å². The van der Waals surface area contributed by atoms with Crippen LogP contribution in [-0.4, -0.2) is 11.5 Å². The van der Waals surface area contributed by atoms with Crippen molar-refractivity contribution in [3.63, 3.8) is 0 Å². The molecule has 2 nitrogen and oxygen atoms in total.